The lowest BCUT2D eigenvalue weighted by Gasteiger charge is -2.19. The van der Waals surface area contributed by atoms with Gasteiger partial charge in [0.05, 0.1) is 19.8 Å². The fourth-order valence-corrected chi connectivity index (χ4v) is 2.78. The highest BCUT2D eigenvalue weighted by Crippen LogP contribution is 2.25. The molecule has 1 aliphatic rings. The first-order valence-corrected chi connectivity index (χ1v) is 7.72. The molecule has 2 rings (SSSR count). The average molecular weight is 291 g/mol. The molecule has 1 saturated heterocycles. The van der Waals surface area contributed by atoms with Crippen molar-refractivity contribution >= 4 is 5.78 Å². The first-order chi connectivity index (χ1) is 10.2. The molecule has 1 heterocycles. The number of likely N-dealkylation sites (tertiary alicyclic amines) is 1. The first kappa shape index (κ1) is 15.8. The SMILES string of the molecule is COc1ccc(C(=O)CCN2CCCCCC2)c(OC)c1. The molecule has 21 heavy (non-hydrogen) atoms. The van der Waals surface area contributed by atoms with Crippen LogP contribution in [0.4, 0.5) is 0 Å². The van der Waals surface area contributed by atoms with E-state index in [1.807, 2.05) is 6.07 Å². The number of ketones is 1. The molecular weight excluding hydrogens is 266 g/mol. The number of benzene rings is 1. The van der Waals surface area contributed by atoms with E-state index in [4.69, 9.17) is 9.47 Å². The summed E-state index contributed by atoms with van der Waals surface area (Å²) in [6, 6.07) is 5.36. The maximum absolute atomic E-state index is 12.4. The van der Waals surface area contributed by atoms with E-state index < -0.39 is 0 Å². The summed E-state index contributed by atoms with van der Waals surface area (Å²) in [5, 5.41) is 0. The van der Waals surface area contributed by atoms with Gasteiger partial charge in [0.25, 0.3) is 0 Å². The molecule has 0 unspecified atom stereocenters. The second-order valence-corrected chi connectivity index (χ2v) is 5.50. The van der Waals surface area contributed by atoms with E-state index in [0.717, 1.165) is 19.6 Å². The Morgan fingerprint density at radius 3 is 2.43 bits per heavy atom. The molecular formula is C17H25NO3. The fourth-order valence-electron chi connectivity index (χ4n) is 2.78. The van der Waals surface area contributed by atoms with Gasteiger partial charge in [-0.1, -0.05) is 12.8 Å². The second-order valence-electron chi connectivity index (χ2n) is 5.50. The topological polar surface area (TPSA) is 38.8 Å². The quantitative estimate of drug-likeness (QED) is 0.755. The monoisotopic (exact) mass is 291 g/mol. The van der Waals surface area contributed by atoms with Gasteiger partial charge < -0.3 is 14.4 Å². The zero-order valence-electron chi connectivity index (χ0n) is 13.1. The predicted molar refractivity (Wildman–Crippen MR) is 83.4 cm³/mol. The van der Waals surface area contributed by atoms with Crippen molar-refractivity contribution in [1.82, 2.24) is 4.90 Å². The molecule has 0 radical (unpaired) electrons. The summed E-state index contributed by atoms with van der Waals surface area (Å²) >= 11 is 0. The van der Waals surface area contributed by atoms with Crippen molar-refractivity contribution < 1.29 is 14.3 Å². The number of rotatable bonds is 6. The molecule has 0 N–H and O–H groups in total. The minimum Gasteiger partial charge on any atom is -0.497 e. The summed E-state index contributed by atoms with van der Waals surface area (Å²) < 4.78 is 10.5. The summed E-state index contributed by atoms with van der Waals surface area (Å²) in [6.07, 6.45) is 5.68. The van der Waals surface area contributed by atoms with Gasteiger partial charge in [0.1, 0.15) is 11.5 Å². The molecule has 0 aromatic heterocycles. The number of carbonyl (C=O) groups excluding carboxylic acids is 1. The van der Waals surface area contributed by atoms with Gasteiger partial charge in [0, 0.05) is 19.0 Å². The van der Waals surface area contributed by atoms with Crippen molar-refractivity contribution in [3.05, 3.63) is 23.8 Å². The highest BCUT2D eigenvalue weighted by atomic mass is 16.5. The van der Waals surface area contributed by atoms with E-state index >= 15 is 0 Å². The van der Waals surface area contributed by atoms with Gasteiger partial charge in [-0.25, -0.2) is 0 Å². The maximum atomic E-state index is 12.4. The van der Waals surface area contributed by atoms with Crippen LogP contribution in [0.2, 0.25) is 0 Å². The molecule has 116 valence electrons. The smallest absolute Gasteiger partial charge is 0.167 e. The largest absolute Gasteiger partial charge is 0.497 e. The van der Waals surface area contributed by atoms with Crippen molar-refractivity contribution in [2.24, 2.45) is 0 Å². The maximum Gasteiger partial charge on any atom is 0.167 e. The van der Waals surface area contributed by atoms with Crippen LogP contribution in [0.1, 0.15) is 42.5 Å². The number of hydrogen-bond acceptors (Lipinski definition) is 4. The number of methoxy groups -OCH3 is 2. The molecule has 1 fully saturated rings. The van der Waals surface area contributed by atoms with Gasteiger partial charge in [-0.3, -0.25) is 4.79 Å². The fraction of sp³-hybridized carbons (Fsp3) is 0.588. The molecule has 1 aliphatic heterocycles. The predicted octanol–water partition coefficient (Wildman–Crippen LogP) is 3.15. The van der Waals surface area contributed by atoms with Crippen molar-refractivity contribution in [2.75, 3.05) is 33.9 Å². The van der Waals surface area contributed by atoms with Crippen molar-refractivity contribution in [3.8, 4) is 11.5 Å². The van der Waals surface area contributed by atoms with Crippen LogP contribution >= 0.6 is 0 Å². The third-order valence-electron chi connectivity index (χ3n) is 4.06. The lowest BCUT2D eigenvalue weighted by molar-refractivity contribution is 0.0962. The Hall–Kier alpha value is -1.55. The zero-order chi connectivity index (χ0) is 15.1. The van der Waals surface area contributed by atoms with Crippen LogP contribution in [0.25, 0.3) is 0 Å². The van der Waals surface area contributed by atoms with Crippen molar-refractivity contribution in [1.29, 1.82) is 0 Å². The van der Waals surface area contributed by atoms with E-state index in [9.17, 15) is 4.79 Å². The molecule has 0 spiro atoms. The van der Waals surface area contributed by atoms with E-state index in [2.05, 4.69) is 4.90 Å². The number of ether oxygens (including phenoxy) is 2. The van der Waals surface area contributed by atoms with Gasteiger partial charge in [-0.05, 0) is 38.1 Å². The third-order valence-corrected chi connectivity index (χ3v) is 4.06. The van der Waals surface area contributed by atoms with Crippen molar-refractivity contribution in [3.63, 3.8) is 0 Å². The van der Waals surface area contributed by atoms with Crippen LogP contribution in [-0.2, 0) is 0 Å². The Kier molecular flexibility index (Phi) is 6.05. The minimum atomic E-state index is 0.138. The van der Waals surface area contributed by atoms with Crippen LogP contribution in [0.5, 0.6) is 11.5 Å². The lowest BCUT2D eigenvalue weighted by atomic mass is 10.1. The van der Waals surface area contributed by atoms with Gasteiger partial charge in [0.15, 0.2) is 5.78 Å². The van der Waals surface area contributed by atoms with Crippen LogP contribution in [0, 0.1) is 0 Å². The lowest BCUT2D eigenvalue weighted by Crippen LogP contribution is -2.27. The summed E-state index contributed by atoms with van der Waals surface area (Å²) in [6.45, 7) is 3.08. The molecule has 4 nitrogen and oxygen atoms in total. The van der Waals surface area contributed by atoms with Crippen LogP contribution in [0.3, 0.4) is 0 Å². The van der Waals surface area contributed by atoms with Gasteiger partial charge in [-0.2, -0.15) is 0 Å². The van der Waals surface area contributed by atoms with E-state index in [0.29, 0.717) is 23.5 Å². The number of hydrogen-bond donors (Lipinski definition) is 0. The van der Waals surface area contributed by atoms with Crippen molar-refractivity contribution in [2.45, 2.75) is 32.1 Å². The Bertz CT molecular complexity index is 465. The number of nitrogens with zero attached hydrogens (tertiary/aromatic N) is 1. The third kappa shape index (κ3) is 4.46. The molecule has 1 aromatic rings. The Labute approximate surface area is 127 Å². The second kappa shape index (κ2) is 8.03. The summed E-state index contributed by atoms with van der Waals surface area (Å²) in [5.74, 6) is 1.44. The van der Waals surface area contributed by atoms with Gasteiger partial charge in [0.2, 0.25) is 0 Å². The first-order valence-electron chi connectivity index (χ1n) is 7.72. The summed E-state index contributed by atoms with van der Waals surface area (Å²) in [7, 11) is 3.19. The molecule has 0 aliphatic carbocycles. The van der Waals surface area contributed by atoms with Crippen LogP contribution in [0.15, 0.2) is 18.2 Å². The Morgan fingerprint density at radius 2 is 1.81 bits per heavy atom. The normalized spacial score (nSPS) is 16.3. The highest BCUT2D eigenvalue weighted by Gasteiger charge is 2.15. The average Bonchev–Trinajstić information content (AvgIpc) is 2.80. The molecule has 0 saturated carbocycles. The molecule has 0 atom stereocenters. The zero-order valence-corrected chi connectivity index (χ0v) is 13.1. The van der Waals surface area contributed by atoms with Gasteiger partial charge in [-0.15, -0.1) is 0 Å². The molecule has 0 amide bonds. The summed E-state index contributed by atoms with van der Waals surface area (Å²) in [4.78, 5) is 14.8. The molecule has 4 heteroatoms. The van der Waals surface area contributed by atoms with Gasteiger partial charge >= 0.3 is 0 Å². The minimum absolute atomic E-state index is 0.138. The van der Waals surface area contributed by atoms with E-state index in [1.54, 1.807) is 26.4 Å². The molecule has 1 aromatic carbocycles. The van der Waals surface area contributed by atoms with Crippen LogP contribution < -0.4 is 9.47 Å². The van der Waals surface area contributed by atoms with Crippen LogP contribution in [-0.4, -0.2) is 44.5 Å². The number of carbonyl (C=O) groups is 1. The standard InChI is InChI=1S/C17H25NO3/c1-20-14-7-8-15(17(13-14)21-2)16(19)9-12-18-10-5-3-4-6-11-18/h7-8,13H,3-6,9-12H2,1-2H3. The Balaban J connectivity index is 1.96. The molecule has 0 bridgehead atoms. The Morgan fingerprint density at radius 1 is 1.10 bits per heavy atom. The number of Topliss-reactive ketones (excluding diaryl/α,β-unsaturated/α-hetero) is 1. The summed E-state index contributed by atoms with van der Waals surface area (Å²) in [5.41, 5.74) is 0.646. The van der Waals surface area contributed by atoms with E-state index in [-0.39, 0.29) is 5.78 Å². The highest BCUT2D eigenvalue weighted by molar-refractivity contribution is 5.99. The van der Waals surface area contributed by atoms with E-state index in [1.165, 1.54) is 25.7 Å².